The molecule has 9 nitrogen and oxygen atoms in total. The molecule has 2 amide bonds. The minimum absolute atomic E-state index is 0.131. The Hall–Kier alpha value is -3.21. The Kier molecular flexibility index (Phi) is 6.26. The molecule has 0 radical (unpaired) electrons. The van der Waals surface area contributed by atoms with Gasteiger partial charge in [-0.2, -0.15) is 0 Å². The highest BCUT2D eigenvalue weighted by molar-refractivity contribution is 7.22. The molecule has 0 aliphatic carbocycles. The number of rotatable bonds is 7. The summed E-state index contributed by atoms with van der Waals surface area (Å²) in [6, 6.07) is 10.7. The summed E-state index contributed by atoms with van der Waals surface area (Å²) in [7, 11) is 1.87. The highest BCUT2D eigenvalue weighted by Gasteiger charge is 2.14. The summed E-state index contributed by atoms with van der Waals surface area (Å²) >= 11 is 7.52. The minimum atomic E-state index is -0.649. The molecule has 4 aromatic rings. The SMILES string of the molecule is C[C@@H](O)CNC(=O)CNC(=O)c1ccc2c(c1)nc(Nc1nc3ccc(Cl)cc3s1)n2C. The van der Waals surface area contributed by atoms with E-state index in [-0.39, 0.29) is 24.9 Å². The number of aliphatic hydroxyl groups excluding tert-OH is 1. The second-order valence-electron chi connectivity index (χ2n) is 7.29. The Morgan fingerprint density at radius 1 is 1.16 bits per heavy atom. The van der Waals surface area contributed by atoms with Gasteiger partial charge in [-0.1, -0.05) is 22.9 Å². The molecule has 0 aliphatic heterocycles. The van der Waals surface area contributed by atoms with E-state index in [4.69, 9.17) is 11.6 Å². The van der Waals surface area contributed by atoms with Gasteiger partial charge in [0.1, 0.15) is 0 Å². The van der Waals surface area contributed by atoms with E-state index in [0.717, 1.165) is 15.7 Å². The molecule has 2 heterocycles. The van der Waals surface area contributed by atoms with Crippen molar-refractivity contribution in [3.63, 3.8) is 0 Å². The Morgan fingerprint density at radius 2 is 1.97 bits per heavy atom. The monoisotopic (exact) mass is 472 g/mol. The maximum absolute atomic E-state index is 12.4. The van der Waals surface area contributed by atoms with E-state index in [0.29, 0.717) is 27.2 Å². The number of amides is 2. The standard InChI is InChI=1S/C21H21ClN6O3S/c1-11(29)9-23-18(30)10-24-19(31)12-3-6-16-15(7-12)25-20(28(16)2)27-21-26-14-5-4-13(22)8-17(14)32-21/h3-8,11,29H,9-10H2,1-2H3,(H,23,30)(H,24,31)(H,25,26,27)/t11-/m1/s1. The van der Waals surface area contributed by atoms with Crippen LogP contribution in [0, 0.1) is 0 Å². The van der Waals surface area contributed by atoms with Crippen LogP contribution in [0.25, 0.3) is 21.3 Å². The smallest absolute Gasteiger partial charge is 0.251 e. The minimum Gasteiger partial charge on any atom is -0.392 e. The lowest BCUT2D eigenvalue weighted by Gasteiger charge is -2.08. The van der Waals surface area contributed by atoms with Crippen LogP contribution in [0.15, 0.2) is 36.4 Å². The quantitative estimate of drug-likeness (QED) is 0.328. The number of aliphatic hydroxyl groups is 1. The molecule has 2 aromatic carbocycles. The third-order valence-electron chi connectivity index (χ3n) is 4.72. The molecule has 32 heavy (non-hydrogen) atoms. The van der Waals surface area contributed by atoms with Gasteiger partial charge in [-0.3, -0.25) is 9.59 Å². The fraction of sp³-hybridized carbons (Fsp3) is 0.238. The first-order valence-electron chi connectivity index (χ1n) is 9.82. The molecule has 0 spiro atoms. The first-order chi connectivity index (χ1) is 15.3. The van der Waals surface area contributed by atoms with Crippen molar-refractivity contribution in [2.24, 2.45) is 7.05 Å². The van der Waals surface area contributed by atoms with Crippen LogP contribution in [0.5, 0.6) is 0 Å². The van der Waals surface area contributed by atoms with E-state index in [2.05, 4.69) is 25.9 Å². The second kappa shape index (κ2) is 9.11. The summed E-state index contributed by atoms with van der Waals surface area (Å²) in [5.74, 6) is -0.177. The van der Waals surface area contributed by atoms with E-state index in [1.54, 1.807) is 31.2 Å². The molecular formula is C21H21ClN6O3S. The molecule has 0 saturated heterocycles. The van der Waals surface area contributed by atoms with Crippen molar-refractivity contribution in [2.75, 3.05) is 18.4 Å². The molecule has 166 valence electrons. The van der Waals surface area contributed by atoms with Gasteiger partial charge in [0, 0.05) is 24.2 Å². The second-order valence-corrected chi connectivity index (χ2v) is 8.76. The maximum Gasteiger partial charge on any atom is 0.251 e. The van der Waals surface area contributed by atoms with Crippen molar-refractivity contribution in [3.05, 3.63) is 47.0 Å². The number of hydrogen-bond acceptors (Lipinski definition) is 7. The largest absolute Gasteiger partial charge is 0.392 e. The molecule has 0 unspecified atom stereocenters. The van der Waals surface area contributed by atoms with Crippen LogP contribution in [0.1, 0.15) is 17.3 Å². The molecule has 1 atom stereocenters. The van der Waals surface area contributed by atoms with Gasteiger partial charge in [-0.15, -0.1) is 0 Å². The summed E-state index contributed by atoms with van der Waals surface area (Å²) in [6.07, 6.45) is -0.649. The fourth-order valence-corrected chi connectivity index (χ4v) is 4.22. The number of benzene rings is 2. The Bertz CT molecular complexity index is 1320. The number of halogens is 1. The van der Waals surface area contributed by atoms with Crippen molar-refractivity contribution in [3.8, 4) is 0 Å². The Labute approximate surface area is 192 Å². The van der Waals surface area contributed by atoms with Gasteiger partial charge in [-0.05, 0) is 43.3 Å². The third kappa shape index (κ3) is 4.82. The molecule has 0 saturated carbocycles. The summed E-state index contributed by atoms with van der Waals surface area (Å²) in [6.45, 7) is 1.52. The fourth-order valence-electron chi connectivity index (χ4n) is 3.09. The van der Waals surface area contributed by atoms with E-state index in [1.807, 2.05) is 23.7 Å². The summed E-state index contributed by atoms with van der Waals surface area (Å²) in [5, 5.41) is 18.9. The zero-order valence-corrected chi connectivity index (χ0v) is 18.9. The lowest BCUT2D eigenvalue weighted by atomic mass is 10.2. The van der Waals surface area contributed by atoms with Gasteiger partial charge < -0.3 is 25.6 Å². The zero-order valence-electron chi connectivity index (χ0n) is 17.3. The van der Waals surface area contributed by atoms with Crippen molar-refractivity contribution < 1.29 is 14.7 Å². The molecule has 0 aliphatic rings. The number of nitrogens with zero attached hydrogens (tertiary/aromatic N) is 3. The number of carbonyl (C=O) groups is 2. The van der Waals surface area contributed by atoms with Crippen LogP contribution in [0.4, 0.5) is 11.1 Å². The molecule has 0 bridgehead atoms. The number of aromatic nitrogens is 3. The summed E-state index contributed by atoms with van der Waals surface area (Å²) < 4.78 is 2.84. The van der Waals surface area contributed by atoms with Gasteiger partial charge >= 0.3 is 0 Å². The zero-order chi connectivity index (χ0) is 22.8. The predicted molar refractivity (Wildman–Crippen MR) is 126 cm³/mol. The molecule has 4 rings (SSSR count). The Morgan fingerprint density at radius 3 is 2.75 bits per heavy atom. The number of aryl methyl sites for hydroxylation is 1. The molecular weight excluding hydrogens is 452 g/mol. The molecule has 11 heteroatoms. The van der Waals surface area contributed by atoms with E-state index in [9.17, 15) is 14.7 Å². The third-order valence-corrected chi connectivity index (χ3v) is 5.89. The number of anilines is 2. The highest BCUT2D eigenvalue weighted by atomic mass is 35.5. The first-order valence-corrected chi connectivity index (χ1v) is 11.0. The lowest BCUT2D eigenvalue weighted by molar-refractivity contribution is -0.120. The van der Waals surface area contributed by atoms with Gasteiger partial charge in [0.15, 0.2) is 5.13 Å². The number of fused-ring (bicyclic) bond motifs is 2. The van der Waals surface area contributed by atoms with Crippen LogP contribution < -0.4 is 16.0 Å². The van der Waals surface area contributed by atoms with Crippen LogP contribution in [0.3, 0.4) is 0 Å². The lowest BCUT2D eigenvalue weighted by Crippen LogP contribution is -2.39. The van der Waals surface area contributed by atoms with Crippen molar-refractivity contribution >= 4 is 67.1 Å². The van der Waals surface area contributed by atoms with E-state index < -0.39 is 6.10 Å². The average molecular weight is 473 g/mol. The van der Waals surface area contributed by atoms with Crippen molar-refractivity contribution in [1.29, 1.82) is 0 Å². The Balaban J connectivity index is 1.48. The molecule has 0 fully saturated rings. The molecule has 4 N–H and O–H groups in total. The number of thiazole rings is 1. The van der Waals surface area contributed by atoms with Crippen LogP contribution in [-0.2, 0) is 11.8 Å². The van der Waals surface area contributed by atoms with Crippen LogP contribution in [-0.4, -0.2) is 50.6 Å². The maximum atomic E-state index is 12.4. The number of nitrogens with one attached hydrogen (secondary N) is 3. The number of hydrogen-bond donors (Lipinski definition) is 4. The van der Waals surface area contributed by atoms with Crippen molar-refractivity contribution in [2.45, 2.75) is 13.0 Å². The number of imidazole rings is 1. The molecule has 2 aromatic heterocycles. The van der Waals surface area contributed by atoms with E-state index >= 15 is 0 Å². The van der Waals surface area contributed by atoms with Crippen LogP contribution >= 0.6 is 22.9 Å². The topological polar surface area (TPSA) is 121 Å². The highest BCUT2D eigenvalue weighted by Crippen LogP contribution is 2.31. The summed E-state index contributed by atoms with van der Waals surface area (Å²) in [5.41, 5.74) is 2.70. The number of carbonyl (C=O) groups excluding carboxylic acids is 2. The predicted octanol–water partition coefficient (Wildman–Crippen LogP) is 2.81. The van der Waals surface area contributed by atoms with Crippen molar-refractivity contribution in [1.82, 2.24) is 25.2 Å². The normalized spacial score (nSPS) is 12.1. The summed E-state index contributed by atoms with van der Waals surface area (Å²) in [4.78, 5) is 33.3. The average Bonchev–Trinajstić information content (AvgIpc) is 3.29. The first kappa shape index (κ1) is 22.0. The van der Waals surface area contributed by atoms with Gasteiger partial charge in [0.25, 0.3) is 5.91 Å². The van der Waals surface area contributed by atoms with Gasteiger partial charge in [0.2, 0.25) is 11.9 Å². The van der Waals surface area contributed by atoms with E-state index in [1.165, 1.54) is 11.3 Å². The van der Waals surface area contributed by atoms with Gasteiger partial charge in [-0.25, -0.2) is 9.97 Å². The van der Waals surface area contributed by atoms with Crippen LogP contribution in [0.2, 0.25) is 5.02 Å². The van der Waals surface area contributed by atoms with Gasteiger partial charge in [0.05, 0.1) is 33.9 Å².